The average Bonchev–Trinajstić information content (AvgIpc) is 2.00. The van der Waals surface area contributed by atoms with E-state index in [2.05, 4.69) is 0 Å². The Morgan fingerprint density at radius 1 is 1.33 bits per heavy atom. The number of rotatable bonds is 1. The van der Waals surface area contributed by atoms with E-state index in [-0.39, 0.29) is 5.56 Å². The van der Waals surface area contributed by atoms with Crippen LogP contribution in [0.4, 0.5) is 4.39 Å². The molecule has 4 nitrogen and oxygen atoms in total. The van der Waals surface area contributed by atoms with Crippen LogP contribution in [0.3, 0.4) is 0 Å². The van der Waals surface area contributed by atoms with Crippen LogP contribution in [0.25, 0.3) is 0 Å². The predicted molar refractivity (Wildman–Crippen MR) is 38.2 cm³/mol. The second-order valence-corrected chi connectivity index (χ2v) is 2.16. The third-order valence-corrected chi connectivity index (χ3v) is 1.37. The lowest BCUT2D eigenvalue weighted by Crippen LogP contribution is -2.11. The number of carbonyl (C=O) groups is 1. The van der Waals surface area contributed by atoms with Crippen molar-refractivity contribution in [3.05, 3.63) is 23.5 Å². The Balaban J connectivity index is 3.36. The first-order chi connectivity index (χ1) is 5.54. The highest BCUT2D eigenvalue weighted by Crippen LogP contribution is 2.30. The van der Waals surface area contributed by atoms with Gasteiger partial charge < -0.3 is 15.9 Å². The summed E-state index contributed by atoms with van der Waals surface area (Å²) in [7, 11) is 0. The molecule has 0 saturated carbocycles. The zero-order valence-corrected chi connectivity index (χ0v) is 5.91. The van der Waals surface area contributed by atoms with E-state index in [9.17, 15) is 9.18 Å². The Morgan fingerprint density at radius 3 is 2.42 bits per heavy atom. The Labute approximate surface area is 67.1 Å². The third-order valence-electron chi connectivity index (χ3n) is 1.37. The Bertz CT molecular complexity index is 338. The van der Waals surface area contributed by atoms with E-state index in [1.165, 1.54) is 0 Å². The first-order valence-electron chi connectivity index (χ1n) is 3.04. The third kappa shape index (κ3) is 1.16. The standard InChI is InChI=1S/C7H6FNO3/c8-4-2-1-3(7(9)12)5(10)6(4)11/h1-2,10-11H,(H2,9,12). The summed E-state index contributed by atoms with van der Waals surface area (Å²) in [6.07, 6.45) is 0. The number of aromatic hydroxyl groups is 2. The van der Waals surface area contributed by atoms with Crippen LogP contribution in [-0.4, -0.2) is 16.1 Å². The van der Waals surface area contributed by atoms with Crippen molar-refractivity contribution in [2.45, 2.75) is 0 Å². The lowest BCUT2D eigenvalue weighted by atomic mass is 10.1. The molecule has 0 aliphatic rings. The summed E-state index contributed by atoms with van der Waals surface area (Å²) in [5, 5.41) is 17.8. The number of primary amides is 1. The molecule has 64 valence electrons. The summed E-state index contributed by atoms with van der Waals surface area (Å²) in [5.41, 5.74) is 4.49. The fourth-order valence-corrected chi connectivity index (χ4v) is 0.754. The first kappa shape index (κ1) is 8.32. The van der Waals surface area contributed by atoms with Crippen molar-refractivity contribution in [3.63, 3.8) is 0 Å². The molecule has 0 aliphatic heterocycles. The van der Waals surface area contributed by atoms with E-state index >= 15 is 0 Å². The van der Waals surface area contributed by atoms with Crippen molar-refractivity contribution in [2.75, 3.05) is 0 Å². The number of nitrogens with two attached hydrogens (primary N) is 1. The van der Waals surface area contributed by atoms with Gasteiger partial charge in [-0.05, 0) is 12.1 Å². The van der Waals surface area contributed by atoms with E-state index in [4.69, 9.17) is 15.9 Å². The summed E-state index contributed by atoms with van der Waals surface area (Å²) in [6.45, 7) is 0. The highest BCUT2D eigenvalue weighted by Gasteiger charge is 2.14. The van der Waals surface area contributed by atoms with Crippen LogP contribution >= 0.6 is 0 Å². The second-order valence-electron chi connectivity index (χ2n) is 2.16. The number of carbonyl (C=O) groups excluding carboxylic acids is 1. The fourth-order valence-electron chi connectivity index (χ4n) is 0.754. The van der Waals surface area contributed by atoms with Crippen LogP contribution in [0.15, 0.2) is 12.1 Å². The smallest absolute Gasteiger partial charge is 0.252 e. The van der Waals surface area contributed by atoms with Gasteiger partial charge in [0.25, 0.3) is 5.91 Å². The van der Waals surface area contributed by atoms with Gasteiger partial charge in [-0.3, -0.25) is 4.79 Å². The van der Waals surface area contributed by atoms with Crippen LogP contribution in [0.5, 0.6) is 11.5 Å². The largest absolute Gasteiger partial charge is 0.504 e. The summed E-state index contributed by atoms with van der Waals surface area (Å²) < 4.78 is 12.5. The van der Waals surface area contributed by atoms with E-state index < -0.39 is 23.2 Å². The number of benzene rings is 1. The van der Waals surface area contributed by atoms with Crippen LogP contribution in [0.2, 0.25) is 0 Å². The minimum atomic E-state index is -1.00. The molecule has 0 unspecified atom stereocenters. The molecular formula is C7H6FNO3. The fraction of sp³-hybridized carbons (Fsp3) is 0. The molecule has 0 aliphatic carbocycles. The molecule has 0 radical (unpaired) electrons. The number of halogens is 1. The van der Waals surface area contributed by atoms with Gasteiger partial charge in [-0.25, -0.2) is 4.39 Å². The molecule has 1 amide bonds. The van der Waals surface area contributed by atoms with Crippen molar-refractivity contribution in [2.24, 2.45) is 5.73 Å². The molecule has 0 bridgehead atoms. The van der Waals surface area contributed by atoms with Crippen molar-refractivity contribution < 1.29 is 19.4 Å². The van der Waals surface area contributed by atoms with Crippen molar-refractivity contribution >= 4 is 5.91 Å². The highest BCUT2D eigenvalue weighted by molar-refractivity contribution is 5.96. The van der Waals surface area contributed by atoms with Crippen LogP contribution in [-0.2, 0) is 0 Å². The number of hydrogen-bond acceptors (Lipinski definition) is 3. The van der Waals surface area contributed by atoms with E-state index in [0.29, 0.717) is 0 Å². The van der Waals surface area contributed by atoms with Gasteiger partial charge in [0.1, 0.15) is 0 Å². The van der Waals surface area contributed by atoms with Crippen molar-refractivity contribution in [1.82, 2.24) is 0 Å². The van der Waals surface area contributed by atoms with Crippen LogP contribution in [0, 0.1) is 5.82 Å². The van der Waals surface area contributed by atoms with E-state index in [1.807, 2.05) is 0 Å². The zero-order valence-electron chi connectivity index (χ0n) is 5.91. The molecule has 5 heteroatoms. The van der Waals surface area contributed by atoms with Gasteiger partial charge in [-0.15, -0.1) is 0 Å². The van der Waals surface area contributed by atoms with Gasteiger partial charge in [0, 0.05) is 0 Å². The maximum Gasteiger partial charge on any atom is 0.252 e. The number of amides is 1. The summed E-state index contributed by atoms with van der Waals surface area (Å²) >= 11 is 0. The summed E-state index contributed by atoms with van der Waals surface area (Å²) in [6, 6.07) is 1.84. The Morgan fingerprint density at radius 2 is 1.92 bits per heavy atom. The molecule has 0 fully saturated rings. The van der Waals surface area contributed by atoms with Gasteiger partial charge in [-0.2, -0.15) is 0 Å². The SMILES string of the molecule is NC(=O)c1ccc(F)c(O)c1O. The monoisotopic (exact) mass is 171 g/mol. The lowest BCUT2D eigenvalue weighted by Gasteiger charge is -2.02. The second kappa shape index (κ2) is 2.69. The topological polar surface area (TPSA) is 83.6 Å². The molecule has 0 atom stereocenters. The molecule has 1 aromatic carbocycles. The molecule has 0 saturated heterocycles. The molecule has 0 heterocycles. The maximum atomic E-state index is 12.5. The molecule has 1 rings (SSSR count). The molecule has 1 aromatic rings. The normalized spacial score (nSPS) is 9.75. The molecule has 0 aromatic heterocycles. The van der Waals surface area contributed by atoms with Crippen LogP contribution in [0.1, 0.15) is 10.4 Å². The Kier molecular flexibility index (Phi) is 1.86. The van der Waals surface area contributed by atoms with E-state index in [1.54, 1.807) is 0 Å². The number of hydrogen-bond donors (Lipinski definition) is 3. The quantitative estimate of drug-likeness (QED) is 0.532. The van der Waals surface area contributed by atoms with Crippen LogP contribution < -0.4 is 5.73 Å². The van der Waals surface area contributed by atoms with Gasteiger partial charge in [0.2, 0.25) is 0 Å². The minimum Gasteiger partial charge on any atom is -0.504 e. The molecule has 12 heavy (non-hydrogen) atoms. The Hall–Kier alpha value is -1.78. The lowest BCUT2D eigenvalue weighted by molar-refractivity contribution is 0.0997. The summed E-state index contributed by atoms with van der Waals surface area (Å²) in [5.74, 6) is -3.73. The van der Waals surface area contributed by atoms with Gasteiger partial charge in [0.05, 0.1) is 5.56 Å². The van der Waals surface area contributed by atoms with E-state index in [0.717, 1.165) is 12.1 Å². The first-order valence-corrected chi connectivity index (χ1v) is 3.04. The van der Waals surface area contributed by atoms with Gasteiger partial charge in [0.15, 0.2) is 17.3 Å². The summed E-state index contributed by atoms with van der Waals surface area (Å²) in [4.78, 5) is 10.5. The zero-order chi connectivity index (χ0) is 9.30. The molecule has 4 N–H and O–H groups in total. The van der Waals surface area contributed by atoms with Gasteiger partial charge >= 0.3 is 0 Å². The van der Waals surface area contributed by atoms with Crippen molar-refractivity contribution in [3.8, 4) is 11.5 Å². The van der Waals surface area contributed by atoms with Gasteiger partial charge in [-0.1, -0.05) is 0 Å². The predicted octanol–water partition coefficient (Wildman–Crippen LogP) is 0.336. The highest BCUT2D eigenvalue weighted by atomic mass is 19.1. The maximum absolute atomic E-state index is 12.5. The molecule has 0 spiro atoms. The van der Waals surface area contributed by atoms with Crippen molar-refractivity contribution in [1.29, 1.82) is 0 Å². The minimum absolute atomic E-state index is 0.311. The number of phenols is 2. The number of phenolic OH excluding ortho intramolecular Hbond substituents is 1. The molecular weight excluding hydrogens is 165 g/mol. The average molecular weight is 171 g/mol.